The van der Waals surface area contributed by atoms with Crippen LogP contribution in [0.4, 0.5) is 0 Å². The van der Waals surface area contributed by atoms with Crippen molar-refractivity contribution in [2.24, 2.45) is 0 Å². The topological polar surface area (TPSA) is 3.24 Å². The summed E-state index contributed by atoms with van der Waals surface area (Å²) in [5.74, 6) is 0. The van der Waals surface area contributed by atoms with E-state index in [4.69, 9.17) is 6.42 Å². The van der Waals surface area contributed by atoms with Crippen molar-refractivity contribution in [2.45, 2.75) is 10.5 Å². The van der Waals surface area contributed by atoms with Crippen molar-refractivity contribution >= 4 is 22.6 Å². The molecule has 0 saturated carbocycles. The summed E-state index contributed by atoms with van der Waals surface area (Å²) in [6, 6.07) is 2.58. The van der Waals surface area contributed by atoms with E-state index in [1.165, 1.54) is 6.42 Å². The minimum Gasteiger partial charge on any atom is -0.320 e. The first-order valence-electron chi connectivity index (χ1n) is 2.21. The van der Waals surface area contributed by atoms with Gasteiger partial charge in [0.2, 0.25) is 0 Å². The van der Waals surface area contributed by atoms with Gasteiger partial charge >= 0.3 is 0 Å². The number of hydrogen-bond donors (Lipinski definition) is 0. The zero-order valence-corrected chi connectivity index (χ0v) is 6.05. The van der Waals surface area contributed by atoms with E-state index in [0.717, 1.165) is 6.54 Å². The van der Waals surface area contributed by atoms with Crippen molar-refractivity contribution in [1.29, 1.82) is 0 Å². The number of hydrogen-bond acceptors (Lipinski definition) is 1. The summed E-state index contributed by atoms with van der Waals surface area (Å²) in [4.78, 5) is 1.99. The van der Waals surface area contributed by atoms with Gasteiger partial charge in [-0.3, -0.25) is 0 Å². The highest BCUT2D eigenvalue weighted by molar-refractivity contribution is 14.1. The molecule has 1 aliphatic rings. The number of terminal acetylenes is 1. The standard InChI is InChI=1S/C5H6IN/c1-2-7-4-3-5(7)6/h1,5H,3-4H2. The number of halogens is 1. The minimum absolute atomic E-state index is 0.614. The molecule has 1 atom stereocenters. The van der Waals surface area contributed by atoms with Crippen LogP contribution in [0.3, 0.4) is 0 Å². The van der Waals surface area contributed by atoms with Crippen LogP contribution in [-0.2, 0) is 0 Å². The Kier molecular flexibility index (Phi) is 1.43. The van der Waals surface area contributed by atoms with Crippen LogP contribution >= 0.6 is 22.6 Å². The van der Waals surface area contributed by atoms with Gasteiger partial charge in [0, 0.05) is 12.6 Å². The molecule has 1 aliphatic heterocycles. The Morgan fingerprint density at radius 1 is 1.86 bits per heavy atom. The van der Waals surface area contributed by atoms with Gasteiger partial charge in [0.1, 0.15) is 0 Å². The third-order valence-corrected chi connectivity index (χ3v) is 2.41. The highest BCUT2D eigenvalue weighted by atomic mass is 127. The zero-order valence-electron chi connectivity index (χ0n) is 3.89. The molecule has 1 unspecified atom stereocenters. The van der Waals surface area contributed by atoms with E-state index in [1.807, 2.05) is 4.90 Å². The predicted octanol–water partition coefficient (Wildman–Crippen LogP) is 1.04. The zero-order chi connectivity index (χ0) is 5.28. The second kappa shape index (κ2) is 1.91. The molecule has 0 radical (unpaired) electrons. The summed E-state index contributed by atoms with van der Waals surface area (Å²) in [5.41, 5.74) is 0. The van der Waals surface area contributed by atoms with E-state index in [9.17, 15) is 0 Å². The van der Waals surface area contributed by atoms with Crippen LogP contribution < -0.4 is 0 Å². The lowest BCUT2D eigenvalue weighted by molar-refractivity contribution is 0.265. The molecule has 2 heteroatoms. The van der Waals surface area contributed by atoms with Crippen molar-refractivity contribution in [3.63, 3.8) is 0 Å². The quantitative estimate of drug-likeness (QED) is 0.248. The molecule has 0 N–H and O–H groups in total. The van der Waals surface area contributed by atoms with Crippen LogP contribution in [0.2, 0.25) is 0 Å². The molecule has 1 saturated heterocycles. The molecular formula is C5H6IN. The highest BCUT2D eigenvalue weighted by Crippen LogP contribution is 2.20. The maximum absolute atomic E-state index is 5.10. The molecule has 1 nitrogen and oxygen atoms in total. The van der Waals surface area contributed by atoms with Crippen molar-refractivity contribution in [2.75, 3.05) is 6.54 Å². The first kappa shape index (κ1) is 5.23. The van der Waals surface area contributed by atoms with Crippen LogP contribution in [0, 0.1) is 12.5 Å². The van der Waals surface area contributed by atoms with Crippen LogP contribution in [0.15, 0.2) is 0 Å². The van der Waals surface area contributed by atoms with E-state index in [-0.39, 0.29) is 0 Å². The molecule has 1 heterocycles. The molecule has 0 amide bonds. The number of alkyl halides is 1. The number of likely N-dealkylation sites (tertiary alicyclic amines) is 1. The summed E-state index contributed by atoms with van der Waals surface area (Å²) in [7, 11) is 0. The fourth-order valence-corrected chi connectivity index (χ4v) is 1.22. The lowest BCUT2D eigenvalue weighted by Crippen LogP contribution is -2.39. The molecule has 0 bridgehead atoms. The second-order valence-electron chi connectivity index (χ2n) is 1.55. The molecule has 0 aromatic heterocycles. The normalized spacial score (nSPS) is 28.6. The Bertz CT molecular complexity index is 105. The molecule has 38 valence electrons. The van der Waals surface area contributed by atoms with Gasteiger partial charge in [0.25, 0.3) is 0 Å². The van der Waals surface area contributed by atoms with Gasteiger partial charge in [-0.1, -0.05) is 29.0 Å². The average Bonchev–Trinajstić information content (AvgIpc) is 1.65. The fourth-order valence-electron chi connectivity index (χ4n) is 0.501. The SMILES string of the molecule is C#CN1CCC1I. The molecule has 0 aromatic rings. The van der Waals surface area contributed by atoms with Crippen LogP contribution in [0.5, 0.6) is 0 Å². The van der Waals surface area contributed by atoms with Crippen molar-refractivity contribution < 1.29 is 0 Å². The molecule has 0 spiro atoms. The highest BCUT2D eigenvalue weighted by Gasteiger charge is 2.21. The molecule has 0 aromatic carbocycles. The minimum atomic E-state index is 0.614. The van der Waals surface area contributed by atoms with Gasteiger partial charge in [0.15, 0.2) is 0 Å². The van der Waals surface area contributed by atoms with Gasteiger partial charge < -0.3 is 4.90 Å². The third kappa shape index (κ3) is 0.828. The van der Waals surface area contributed by atoms with Gasteiger partial charge in [-0.05, 0) is 6.42 Å². The number of rotatable bonds is 0. The van der Waals surface area contributed by atoms with E-state index in [1.54, 1.807) is 0 Å². The predicted molar refractivity (Wildman–Crippen MR) is 38.0 cm³/mol. The Labute approximate surface area is 57.2 Å². The summed E-state index contributed by atoms with van der Waals surface area (Å²) in [6.07, 6.45) is 6.35. The van der Waals surface area contributed by atoms with E-state index in [0.29, 0.717) is 4.05 Å². The summed E-state index contributed by atoms with van der Waals surface area (Å²) in [6.45, 7) is 1.09. The van der Waals surface area contributed by atoms with Crippen LogP contribution in [-0.4, -0.2) is 15.5 Å². The van der Waals surface area contributed by atoms with Crippen LogP contribution in [0.1, 0.15) is 6.42 Å². The summed E-state index contributed by atoms with van der Waals surface area (Å²) < 4.78 is 0.614. The first-order valence-corrected chi connectivity index (χ1v) is 3.46. The number of nitrogens with zero attached hydrogens (tertiary/aromatic N) is 1. The smallest absolute Gasteiger partial charge is 0.0900 e. The molecular weight excluding hydrogens is 201 g/mol. The molecule has 0 aliphatic carbocycles. The Morgan fingerprint density at radius 3 is 2.57 bits per heavy atom. The summed E-state index contributed by atoms with van der Waals surface area (Å²) >= 11 is 2.34. The van der Waals surface area contributed by atoms with Gasteiger partial charge in [-0.25, -0.2) is 0 Å². The first-order chi connectivity index (χ1) is 3.34. The average molecular weight is 207 g/mol. The maximum Gasteiger partial charge on any atom is 0.0900 e. The Hall–Kier alpha value is 0.0900. The summed E-state index contributed by atoms with van der Waals surface area (Å²) in [5, 5.41) is 0. The van der Waals surface area contributed by atoms with Crippen molar-refractivity contribution in [3.8, 4) is 12.5 Å². The van der Waals surface area contributed by atoms with Crippen molar-refractivity contribution in [1.82, 2.24) is 4.90 Å². The Morgan fingerprint density at radius 2 is 2.57 bits per heavy atom. The maximum atomic E-state index is 5.10. The monoisotopic (exact) mass is 207 g/mol. The lowest BCUT2D eigenvalue weighted by Gasteiger charge is -2.33. The largest absolute Gasteiger partial charge is 0.320 e. The van der Waals surface area contributed by atoms with Crippen molar-refractivity contribution in [3.05, 3.63) is 0 Å². The molecule has 1 fully saturated rings. The molecule has 1 rings (SSSR count). The fraction of sp³-hybridized carbons (Fsp3) is 0.600. The van der Waals surface area contributed by atoms with Gasteiger partial charge in [0.05, 0.1) is 4.05 Å². The van der Waals surface area contributed by atoms with Gasteiger partial charge in [-0.2, -0.15) is 0 Å². The second-order valence-corrected chi connectivity index (χ2v) is 2.98. The third-order valence-electron chi connectivity index (χ3n) is 1.11. The van der Waals surface area contributed by atoms with Gasteiger partial charge in [-0.15, -0.1) is 0 Å². The van der Waals surface area contributed by atoms with Crippen LogP contribution in [0.25, 0.3) is 0 Å². The Balaban J connectivity index is 2.33. The van der Waals surface area contributed by atoms with E-state index in [2.05, 4.69) is 28.6 Å². The molecule has 7 heavy (non-hydrogen) atoms. The lowest BCUT2D eigenvalue weighted by atomic mass is 10.2. The van der Waals surface area contributed by atoms with E-state index < -0.39 is 0 Å². The van der Waals surface area contributed by atoms with E-state index >= 15 is 0 Å².